The normalized spacial score (nSPS) is 11.3. The van der Waals surface area contributed by atoms with Gasteiger partial charge in [0.2, 0.25) is 10.0 Å². The minimum atomic E-state index is -3.32. The highest BCUT2D eigenvalue weighted by Gasteiger charge is 2.14. The number of nitrogens with one attached hydrogen (secondary N) is 2. The van der Waals surface area contributed by atoms with E-state index in [0.29, 0.717) is 23.6 Å². The largest absolute Gasteiger partial charge is 0.345 e. The van der Waals surface area contributed by atoms with Crippen LogP contribution in [0.15, 0.2) is 30.5 Å². The number of rotatable bonds is 6. The molecule has 0 radical (unpaired) electrons. The zero-order chi connectivity index (χ0) is 17.0. The number of amides is 1. The third kappa shape index (κ3) is 4.56. The average Bonchev–Trinajstić information content (AvgIpc) is 2.92. The van der Waals surface area contributed by atoms with Crippen LogP contribution < -0.4 is 4.72 Å². The molecule has 0 bridgehead atoms. The Morgan fingerprint density at radius 2 is 1.96 bits per heavy atom. The van der Waals surface area contributed by atoms with Gasteiger partial charge in [-0.2, -0.15) is 0 Å². The van der Waals surface area contributed by atoms with Crippen molar-refractivity contribution in [3.63, 3.8) is 0 Å². The average molecular weight is 336 g/mol. The van der Waals surface area contributed by atoms with Gasteiger partial charge in [0, 0.05) is 30.2 Å². The lowest BCUT2D eigenvalue weighted by molar-refractivity contribution is 0.0782. The molecule has 0 saturated carbocycles. The number of anilines is 1. The van der Waals surface area contributed by atoms with E-state index in [1.165, 1.54) is 0 Å². The summed E-state index contributed by atoms with van der Waals surface area (Å²) in [7, 11) is -1.63. The molecule has 124 valence electrons. The van der Waals surface area contributed by atoms with Crippen LogP contribution in [0.3, 0.4) is 0 Å². The molecule has 0 spiro atoms. The molecule has 0 aliphatic heterocycles. The van der Waals surface area contributed by atoms with Gasteiger partial charge in [0.25, 0.3) is 5.91 Å². The smallest absolute Gasteiger partial charge is 0.254 e. The van der Waals surface area contributed by atoms with Crippen molar-refractivity contribution in [1.82, 2.24) is 14.9 Å². The molecule has 1 amide bonds. The molecule has 23 heavy (non-hydrogen) atoms. The SMILES string of the molecule is CCS(=O)(=O)Nc1ccc(C(=O)N(C)Cc2ncc(C)[nH]2)cc1. The molecular weight excluding hydrogens is 316 g/mol. The molecule has 7 nitrogen and oxygen atoms in total. The molecule has 1 aromatic heterocycles. The van der Waals surface area contributed by atoms with E-state index < -0.39 is 10.0 Å². The second kappa shape index (κ2) is 6.82. The third-order valence-electron chi connectivity index (χ3n) is 3.27. The Bertz CT molecular complexity index is 781. The van der Waals surface area contributed by atoms with Crippen molar-refractivity contribution in [3.8, 4) is 0 Å². The second-order valence-corrected chi connectivity index (χ2v) is 7.27. The lowest BCUT2D eigenvalue weighted by Gasteiger charge is -2.16. The van der Waals surface area contributed by atoms with Crippen LogP contribution in [0.25, 0.3) is 0 Å². The summed E-state index contributed by atoms with van der Waals surface area (Å²) in [4.78, 5) is 21.1. The summed E-state index contributed by atoms with van der Waals surface area (Å²) in [6, 6.07) is 6.34. The molecule has 2 aromatic rings. The molecule has 2 N–H and O–H groups in total. The van der Waals surface area contributed by atoms with Gasteiger partial charge < -0.3 is 9.88 Å². The van der Waals surface area contributed by atoms with Crippen molar-refractivity contribution in [2.75, 3.05) is 17.5 Å². The Morgan fingerprint density at radius 1 is 1.30 bits per heavy atom. The van der Waals surface area contributed by atoms with E-state index in [2.05, 4.69) is 14.7 Å². The van der Waals surface area contributed by atoms with E-state index in [-0.39, 0.29) is 11.7 Å². The van der Waals surface area contributed by atoms with E-state index in [4.69, 9.17) is 0 Å². The predicted octanol–water partition coefficient (Wildman–Crippen LogP) is 1.75. The number of H-pyrrole nitrogens is 1. The van der Waals surface area contributed by atoms with Crippen LogP contribution >= 0.6 is 0 Å². The number of benzene rings is 1. The lowest BCUT2D eigenvalue weighted by Crippen LogP contribution is -2.26. The second-order valence-electron chi connectivity index (χ2n) is 5.26. The maximum atomic E-state index is 12.4. The van der Waals surface area contributed by atoms with Gasteiger partial charge in [0.15, 0.2) is 0 Å². The van der Waals surface area contributed by atoms with Crippen LogP contribution in [-0.2, 0) is 16.6 Å². The van der Waals surface area contributed by atoms with E-state index in [0.717, 1.165) is 5.69 Å². The lowest BCUT2D eigenvalue weighted by atomic mass is 10.2. The number of carbonyl (C=O) groups is 1. The van der Waals surface area contributed by atoms with Crippen molar-refractivity contribution in [3.05, 3.63) is 47.5 Å². The summed E-state index contributed by atoms with van der Waals surface area (Å²) in [5.74, 6) is 0.550. The Balaban J connectivity index is 2.04. The minimum Gasteiger partial charge on any atom is -0.345 e. The molecule has 0 aliphatic rings. The number of aromatic amines is 1. The maximum absolute atomic E-state index is 12.4. The highest BCUT2D eigenvalue weighted by atomic mass is 32.2. The number of aryl methyl sites for hydroxylation is 1. The summed E-state index contributed by atoms with van der Waals surface area (Å²) in [6.45, 7) is 3.83. The van der Waals surface area contributed by atoms with Gasteiger partial charge in [0.1, 0.15) is 5.82 Å². The first kappa shape index (κ1) is 17.0. The molecule has 0 saturated heterocycles. The summed E-state index contributed by atoms with van der Waals surface area (Å²) in [5, 5.41) is 0. The number of hydrogen-bond acceptors (Lipinski definition) is 4. The monoisotopic (exact) mass is 336 g/mol. The van der Waals surface area contributed by atoms with Crippen molar-refractivity contribution < 1.29 is 13.2 Å². The number of hydrogen-bond donors (Lipinski definition) is 2. The van der Waals surface area contributed by atoms with Gasteiger partial charge >= 0.3 is 0 Å². The quantitative estimate of drug-likeness (QED) is 0.840. The Morgan fingerprint density at radius 3 is 2.48 bits per heavy atom. The van der Waals surface area contributed by atoms with E-state index >= 15 is 0 Å². The Hall–Kier alpha value is -2.35. The fourth-order valence-corrected chi connectivity index (χ4v) is 2.64. The highest BCUT2D eigenvalue weighted by molar-refractivity contribution is 7.92. The first-order valence-electron chi connectivity index (χ1n) is 7.17. The standard InChI is InChI=1S/C15H20N4O3S/c1-4-23(21,22)18-13-7-5-12(6-8-13)15(20)19(3)10-14-16-9-11(2)17-14/h5-9,18H,4,10H2,1-3H3,(H,16,17). The third-order valence-corrected chi connectivity index (χ3v) is 4.58. The topological polar surface area (TPSA) is 95.2 Å². The van der Waals surface area contributed by atoms with E-state index in [1.54, 1.807) is 49.3 Å². The Kier molecular flexibility index (Phi) is 5.05. The fraction of sp³-hybridized carbons (Fsp3) is 0.333. The molecule has 8 heteroatoms. The van der Waals surface area contributed by atoms with Crippen LogP contribution in [0, 0.1) is 6.92 Å². The van der Waals surface area contributed by atoms with Crippen molar-refractivity contribution >= 4 is 21.6 Å². The van der Waals surface area contributed by atoms with Gasteiger partial charge in [-0.15, -0.1) is 0 Å². The maximum Gasteiger partial charge on any atom is 0.254 e. The summed E-state index contributed by atoms with van der Waals surface area (Å²) < 4.78 is 25.4. The first-order valence-corrected chi connectivity index (χ1v) is 8.82. The van der Waals surface area contributed by atoms with Gasteiger partial charge in [-0.1, -0.05) is 0 Å². The first-order chi connectivity index (χ1) is 10.8. The van der Waals surface area contributed by atoms with Gasteiger partial charge in [-0.25, -0.2) is 13.4 Å². The summed E-state index contributed by atoms with van der Waals surface area (Å²) in [6.07, 6.45) is 1.71. The van der Waals surface area contributed by atoms with Crippen LogP contribution in [0.5, 0.6) is 0 Å². The van der Waals surface area contributed by atoms with Crippen molar-refractivity contribution in [2.45, 2.75) is 20.4 Å². The number of imidazole rings is 1. The van der Waals surface area contributed by atoms with Gasteiger partial charge in [-0.3, -0.25) is 9.52 Å². The van der Waals surface area contributed by atoms with Gasteiger partial charge in [0.05, 0.1) is 12.3 Å². The number of carbonyl (C=O) groups excluding carboxylic acids is 1. The van der Waals surface area contributed by atoms with Crippen molar-refractivity contribution in [1.29, 1.82) is 0 Å². The Labute approximate surface area is 135 Å². The molecular formula is C15H20N4O3S. The molecule has 0 unspecified atom stereocenters. The number of sulfonamides is 1. The van der Waals surface area contributed by atoms with E-state index in [1.807, 2.05) is 6.92 Å². The van der Waals surface area contributed by atoms with Crippen LogP contribution in [-0.4, -0.2) is 42.0 Å². The molecule has 0 atom stereocenters. The highest BCUT2D eigenvalue weighted by Crippen LogP contribution is 2.13. The zero-order valence-electron chi connectivity index (χ0n) is 13.3. The number of aromatic nitrogens is 2. The molecule has 1 heterocycles. The summed E-state index contributed by atoms with van der Waals surface area (Å²) in [5.41, 5.74) is 1.86. The molecule has 0 aliphatic carbocycles. The minimum absolute atomic E-state index is 0.00101. The molecule has 1 aromatic carbocycles. The van der Waals surface area contributed by atoms with Crippen molar-refractivity contribution in [2.24, 2.45) is 0 Å². The van der Waals surface area contributed by atoms with Crippen LogP contribution in [0.1, 0.15) is 28.8 Å². The molecule has 0 fully saturated rings. The van der Waals surface area contributed by atoms with E-state index in [9.17, 15) is 13.2 Å². The fourth-order valence-electron chi connectivity index (χ4n) is 2.00. The van der Waals surface area contributed by atoms with Crippen LogP contribution in [0.2, 0.25) is 0 Å². The number of nitrogens with zero attached hydrogens (tertiary/aromatic N) is 2. The molecule has 2 rings (SSSR count). The summed E-state index contributed by atoms with van der Waals surface area (Å²) >= 11 is 0. The zero-order valence-corrected chi connectivity index (χ0v) is 14.1. The van der Waals surface area contributed by atoms with Crippen LogP contribution in [0.4, 0.5) is 5.69 Å². The van der Waals surface area contributed by atoms with Gasteiger partial charge in [-0.05, 0) is 38.1 Å². The predicted molar refractivity (Wildman–Crippen MR) is 88.6 cm³/mol.